The first-order chi connectivity index (χ1) is 15.9. The molecule has 0 atom stereocenters. The van der Waals surface area contributed by atoms with E-state index in [1.807, 2.05) is 6.92 Å². The summed E-state index contributed by atoms with van der Waals surface area (Å²) in [4.78, 5) is 14.4. The number of rotatable bonds is 11. The molecule has 0 aromatic heterocycles. The predicted octanol–water partition coefficient (Wildman–Crippen LogP) is 2.02. The van der Waals surface area contributed by atoms with Gasteiger partial charge in [-0.3, -0.25) is 9.69 Å². The Morgan fingerprint density at radius 3 is 2.03 bits per heavy atom. The molecule has 1 aliphatic rings. The van der Waals surface area contributed by atoms with Crippen molar-refractivity contribution in [2.24, 2.45) is 0 Å². The first-order valence-corrected chi connectivity index (χ1v) is 12.4. The van der Waals surface area contributed by atoms with Gasteiger partial charge in [0.05, 0.1) is 18.6 Å². The SMILES string of the molecule is CCOc1ccc(OCC(=O)NCCN2CCN(S(=O)(=O)c3ccc(OC)cc3)CC2)cc1.Cl. The summed E-state index contributed by atoms with van der Waals surface area (Å²) in [5, 5.41) is 2.84. The molecule has 0 unspecified atom stereocenters. The highest BCUT2D eigenvalue weighted by Gasteiger charge is 2.28. The van der Waals surface area contributed by atoms with Crippen LogP contribution in [0.15, 0.2) is 53.4 Å². The van der Waals surface area contributed by atoms with E-state index in [9.17, 15) is 13.2 Å². The molecular weight excluding hydrogens is 482 g/mol. The van der Waals surface area contributed by atoms with E-state index in [0.717, 1.165) is 5.75 Å². The first kappa shape index (κ1) is 27.7. The monoisotopic (exact) mass is 513 g/mol. The van der Waals surface area contributed by atoms with Gasteiger partial charge in [0.15, 0.2) is 6.61 Å². The molecule has 1 fully saturated rings. The van der Waals surface area contributed by atoms with Gasteiger partial charge < -0.3 is 19.5 Å². The van der Waals surface area contributed by atoms with E-state index >= 15 is 0 Å². The molecule has 0 spiro atoms. The minimum atomic E-state index is -3.53. The zero-order chi connectivity index (χ0) is 23.7. The fourth-order valence-corrected chi connectivity index (χ4v) is 4.86. The highest BCUT2D eigenvalue weighted by molar-refractivity contribution is 7.89. The van der Waals surface area contributed by atoms with Crippen molar-refractivity contribution >= 4 is 28.3 Å². The molecule has 1 N–H and O–H groups in total. The van der Waals surface area contributed by atoms with Crippen molar-refractivity contribution in [3.63, 3.8) is 0 Å². The quantitative estimate of drug-likeness (QED) is 0.491. The standard InChI is InChI=1S/C23H31N3O6S.ClH/c1-3-31-20-4-6-21(7-5-20)32-18-23(27)24-12-13-25-14-16-26(17-15-25)33(28,29)22-10-8-19(30-2)9-11-22;/h4-11H,3,12-18H2,1-2H3,(H,24,27);1H. The van der Waals surface area contributed by atoms with E-state index in [2.05, 4.69) is 10.2 Å². The maximum atomic E-state index is 12.8. The molecule has 0 bridgehead atoms. The van der Waals surface area contributed by atoms with Crippen LogP contribution in [0.3, 0.4) is 0 Å². The molecule has 188 valence electrons. The Hall–Kier alpha value is -2.53. The zero-order valence-corrected chi connectivity index (χ0v) is 21.1. The van der Waals surface area contributed by atoms with Crippen molar-refractivity contribution < 1.29 is 27.4 Å². The number of halogens is 1. The summed E-state index contributed by atoms with van der Waals surface area (Å²) in [6.07, 6.45) is 0. The van der Waals surface area contributed by atoms with Crippen molar-refractivity contribution in [3.8, 4) is 17.2 Å². The molecule has 2 aromatic carbocycles. The average molecular weight is 514 g/mol. The maximum absolute atomic E-state index is 12.8. The van der Waals surface area contributed by atoms with Crippen LogP contribution in [0.1, 0.15) is 6.92 Å². The van der Waals surface area contributed by atoms with Crippen molar-refractivity contribution in [3.05, 3.63) is 48.5 Å². The van der Waals surface area contributed by atoms with Crippen LogP contribution in [0.4, 0.5) is 0 Å². The van der Waals surface area contributed by atoms with Gasteiger partial charge in [-0.2, -0.15) is 4.31 Å². The minimum Gasteiger partial charge on any atom is -0.497 e. The van der Waals surface area contributed by atoms with Gasteiger partial charge in [0.2, 0.25) is 10.0 Å². The summed E-state index contributed by atoms with van der Waals surface area (Å²) in [5.41, 5.74) is 0. The first-order valence-electron chi connectivity index (χ1n) is 10.9. The smallest absolute Gasteiger partial charge is 0.257 e. The highest BCUT2D eigenvalue weighted by Crippen LogP contribution is 2.20. The molecule has 1 saturated heterocycles. The molecule has 0 aliphatic carbocycles. The number of hydrogen-bond acceptors (Lipinski definition) is 7. The fourth-order valence-electron chi connectivity index (χ4n) is 3.44. The molecule has 0 radical (unpaired) electrons. The number of amides is 1. The number of benzene rings is 2. The van der Waals surface area contributed by atoms with Crippen LogP contribution < -0.4 is 19.5 Å². The van der Waals surface area contributed by atoms with Crippen LogP contribution in [0.5, 0.6) is 17.2 Å². The van der Waals surface area contributed by atoms with E-state index in [1.165, 1.54) is 4.31 Å². The normalized spacial score (nSPS) is 14.6. The topological polar surface area (TPSA) is 97.4 Å². The Morgan fingerprint density at radius 2 is 1.47 bits per heavy atom. The van der Waals surface area contributed by atoms with E-state index in [4.69, 9.17) is 14.2 Å². The van der Waals surface area contributed by atoms with Gasteiger partial charge in [-0.15, -0.1) is 12.4 Å². The van der Waals surface area contributed by atoms with E-state index in [-0.39, 0.29) is 29.8 Å². The number of ether oxygens (including phenoxy) is 3. The minimum absolute atomic E-state index is 0. The second kappa shape index (κ2) is 13.4. The number of carbonyl (C=O) groups excluding carboxylic acids is 1. The molecule has 3 rings (SSSR count). The zero-order valence-electron chi connectivity index (χ0n) is 19.4. The molecule has 9 nitrogen and oxygen atoms in total. The molecule has 0 saturated carbocycles. The van der Waals surface area contributed by atoms with Crippen LogP contribution in [0.2, 0.25) is 0 Å². The predicted molar refractivity (Wildman–Crippen MR) is 132 cm³/mol. The third kappa shape index (κ3) is 7.76. The van der Waals surface area contributed by atoms with E-state index in [0.29, 0.717) is 57.4 Å². The van der Waals surface area contributed by atoms with Gasteiger partial charge in [-0.1, -0.05) is 0 Å². The third-order valence-corrected chi connectivity index (χ3v) is 7.20. The lowest BCUT2D eigenvalue weighted by Gasteiger charge is -2.34. The van der Waals surface area contributed by atoms with Crippen LogP contribution >= 0.6 is 12.4 Å². The maximum Gasteiger partial charge on any atom is 0.257 e. The van der Waals surface area contributed by atoms with Gasteiger partial charge in [0.1, 0.15) is 17.2 Å². The second-order valence-corrected chi connectivity index (χ2v) is 9.40. The third-order valence-electron chi connectivity index (χ3n) is 5.28. The Bertz CT molecular complexity index is 994. The summed E-state index contributed by atoms with van der Waals surface area (Å²) >= 11 is 0. The largest absolute Gasteiger partial charge is 0.497 e. The molecule has 1 amide bonds. The number of nitrogens with zero attached hydrogens (tertiary/aromatic N) is 2. The number of sulfonamides is 1. The Morgan fingerprint density at radius 1 is 0.912 bits per heavy atom. The number of carbonyl (C=O) groups is 1. The molecule has 1 aliphatic heterocycles. The Kier molecular flexibility index (Phi) is 10.9. The van der Waals surface area contributed by atoms with Crippen LogP contribution in [-0.2, 0) is 14.8 Å². The van der Waals surface area contributed by atoms with Gasteiger partial charge in [0, 0.05) is 39.3 Å². The van der Waals surface area contributed by atoms with Crippen molar-refractivity contribution in [1.29, 1.82) is 0 Å². The number of piperazine rings is 1. The van der Waals surface area contributed by atoms with Crippen LogP contribution in [-0.4, -0.2) is 83.1 Å². The molecule has 11 heteroatoms. The molecule has 2 aromatic rings. The van der Waals surface area contributed by atoms with Crippen LogP contribution in [0.25, 0.3) is 0 Å². The lowest BCUT2D eigenvalue weighted by molar-refractivity contribution is -0.123. The lowest BCUT2D eigenvalue weighted by atomic mass is 10.3. The van der Waals surface area contributed by atoms with Gasteiger partial charge in [0.25, 0.3) is 5.91 Å². The summed E-state index contributed by atoms with van der Waals surface area (Å²) in [6.45, 7) is 5.58. The fraction of sp³-hybridized carbons (Fsp3) is 0.435. The van der Waals surface area contributed by atoms with Gasteiger partial charge in [-0.25, -0.2) is 8.42 Å². The Balaban J connectivity index is 0.00000408. The molecule has 34 heavy (non-hydrogen) atoms. The second-order valence-electron chi connectivity index (χ2n) is 7.46. The van der Waals surface area contributed by atoms with E-state index in [1.54, 1.807) is 55.6 Å². The van der Waals surface area contributed by atoms with E-state index < -0.39 is 10.0 Å². The average Bonchev–Trinajstić information content (AvgIpc) is 2.84. The Labute approximate surface area is 207 Å². The van der Waals surface area contributed by atoms with Crippen LogP contribution in [0, 0.1) is 0 Å². The number of hydrogen-bond donors (Lipinski definition) is 1. The highest BCUT2D eigenvalue weighted by atomic mass is 35.5. The lowest BCUT2D eigenvalue weighted by Crippen LogP contribution is -2.50. The van der Waals surface area contributed by atoms with Crippen molar-refractivity contribution in [2.45, 2.75) is 11.8 Å². The summed E-state index contributed by atoms with van der Waals surface area (Å²) < 4.78 is 43.1. The number of methoxy groups -OCH3 is 1. The number of nitrogens with one attached hydrogen (secondary N) is 1. The van der Waals surface area contributed by atoms with Crippen molar-refractivity contribution in [1.82, 2.24) is 14.5 Å². The molecule has 1 heterocycles. The van der Waals surface area contributed by atoms with Crippen molar-refractivity contribution in [2.75, 3.05) is 59.6 Å². The summed E-state index contributed by atoms with van der Waals surface area (Å²) in [5.74, 6) is 1.77. The summed E-state index contributed by atoms with van der Waals surface area (Å²) in [6, 6.07) is 13.5. The summed E-state index contributed by atoms with van der Waals surface area (Å²) in [7, 11) is -1.99. The van der Waals surface area contributed by atoms with Gasteiger partial charge in [-0.05, 0) is 55.5 Å². The molecular formula is C23H32ClN3O6S. The van der Waals surface area contributed by atoms with Gasteiger partial charge >= 0.3 is 0 Å².